The third-order valence-electron chi connectivity index (χ3n) is 3.08. The summed E-state index contributed by atoms with van der Waals surface area (Å²) in [6, 6.07) is 8.84. The normalized spacial score (nSPS) is 13.3. The van der Waals surface area contributed by atoms with E-state index in [0.29, 0.717) is 36.6 Å². The maximum absolute atomic E-state index is 11.8. The van der Waals surface area contributed by atoms with Gasteiger partial charge in [-0.05, 0) is 43.5 Å². The molecule has 2 N–H and O–H groups in total. The van der Waals surface area contributed by atoms with Crippen LogP contribution in [0.3, 0.4) is 0 Å². The predicted molar refractivity (Wildman–Crippen MR) is 73.9 cm³/mol. The molecule has 5 heteroatoms. The van der Waals surface area contributed by atoms with Gasteiger partial charge in [0.15, 0.2) is 0 Å². The van der Waals surface area contributed by atoms with Crippen LogP contribution in [-0.4, -0.2) is 24.4 Å². The fourth-order valence-corrected chi connectivity index (χ4v) is 1.78. The van der Waals surface area contributed by atoms with E-state index in [2.05, 4.69) is 10.6 Å². The predicted octanol–water partition coefficient (Wildman–Crippen LogP) is 1.35. The number of carbonyl (C=O) groups is 2. The first-order valence-electron chi connectivity index (χ1n) is 6.77. The molecule has 0 heterocycles. The topological polar surface area (TPSA) is 82.0 Å². The lowest BCUT2D eigenvalue weighted by molar-refractivity contribution is -0.121. The van der Waals surface area contributed by atoms with Gasteiger partial charge in [-0.15, -0.1) is 0 Å². The average Bonchev–Trinajstić information content (AvgIpc) is 3.27. The van der Waals surface area contributed by atoms with E-state index in [1.165, 1.54) is 0 Å². The van der Waals surface area contributed by atoms with Crippen molar-refractivity contribution in [3.63, 3.8) is 0 Å². The molecule has 0 atom stereocenters. The zero-order chi connectivity index (χ0) is 14.4. The Kier molecular flexibility index (Phi) is 4.72. The molecule has 104 valence electrons. The van der Waals surface area contributed by atoms with Gasteiger partial charge >= 0.3 is 0 Å². The summed E-state index contributed by atoms with van der Waals surface area (Å²) in [5.41, 5.74) is 1.05. The summed E-state index contributed by atoms with van der Waals surface area (Å²) < 4.78 is 0. The van der Waals surface area contributed by atoms with Crippen molar-refractivity contribution in [2.24, 2.45) is 0 Å². The molecule has 1 fully saturated rings. The molecule has 0 aliphatic heterocycles. The molecule has 1 saturated carbocycles. The number of nitrogens with zero attached hydrogens (tertiary/aromatic N) is 1. The van der Waals surface area contributed by atoms with Crippen molar-refractivity contribution in [1.82, 2.24) is 10.6 Å². The van der Waals surface area contributed by atoms with Crippen LogP contribution in [0.1, 0.15) is 41.6 Å². The average molecular weight is 271 g/mol. The molecular formula is C15H17N3O2. The van der Waals surface area contributed by atoms with Gasteiger partial charge in [-0.25, -0.2) is 0 Å². The summed E-state index contributed by atoms with van der Waals surface area (Å²) in [5.74, 6) is -0.128. The molecular weight excluding hydrogens is 254 g/mol. The third kappa shape index (κ3) is 4.39. The number of benzene rings is 1. The molecule has 0 saturated heterocycles. The van der Waals surface area contributed by atoms with Gasteiger partial charge in [0.2, 0.25) is 5.91 Å². The van der Waals surface area contributed by atoms with Crippen LogP contribution in [-0.2, 0) is 4.79 Å². The maximum Gasteiger partial charge on any atom is 0.251 e. The highest BCUT2D eigenvalue weighted by Gasteiger charge is 2.22. The highest BCUT2D eigenvalue weighted by atomic mass is 16.2. The van der Waals surface area contributed by atoms with E-state index >= 15 is 0 Å². The van der Waals surface area contributed by atoms with Crippen molar-refractivity contribution in [3.8, 4) is 6.07 Å². The summed E-state index contributed by atoms with van der Waals surface area (Å²) in [6.07, 6.45) is 3.23. The molecule has 0 unspecified atom stereocenters. The first-order chi connectivity index (χ1) is 9.69. The molecule has 0 aromatic heterocycles. The summed E-state index contributed by atoms with van der Waals surface area (Å²) in [6.45, 7) is 0.469. The molecule has 1 aliphatic carbocycles. The SMILES string of the molecule is N#Cc1ccc(C(=O)NCCCC(=O)NC2CC2)cc1. The second-order valence-electron chi connectivity index (χ2n) is 4.89. The highest BCUT2D eigenvalue weighted by molar-refractivity contribution is 5.94. The van der Waals surface area contributed by atoms with Crippen LogP contribution in [0.5, 0.6) is 0 Å². The van der Waals surface area contributed by atoms with Gasteiger partial charge in [-0.2, -0.15) is 5.26 Å². The largest absolute Gasteiger partial charge is 0.353 e. The summed E-state index contributed by atoms with van der Waals surface area (Å²) in [7, 11) is 0. The number of rotatable bonds is 6. The van der Waals surface area contributed by atoms with Gasteiger partial charge in [0.25, 0.3) is 5.91 Å². The van der Waals surface area contributed by atoms with Gasteiger partial charge in [-0.1, -0.05) is 0 Å². The minimum Gasteiger partial charge on any atom is -0.353 e. The molecule has 5 nitrogen and oxygen atoms in total. The van der Waals surface area contributed by atoms with Crippen LogP contribution in [0.25, 0.3) is 0 Å². The molecule has 1 aromatic carbocycles. The summed E-state index contributed by atoms with van der Waals surface area (Å²) in [4.78, 5) is 23.2. The van der Waals surface area contributed by atoms with Crippen LogP contribution < -0.4 is 10.6 Å². The molecule has 20 heavy (non-hydrogen) atoms. The number of nitriles is 1. The van der Waals surface area contributed by atoms with Crippen LogP contribution in [0.4, 0.5) is 0 Å². The summed E-state index contributed by atoms with van der Waals surface area (Å²) in [5, 5.41) is 14.3. The van der Waals surface area contributed by atoms with E-state index in [0.717, 1.165) is 12.8 Å². The monoisotopic (exact) mass is 271 g/mol. The first-order valence-corrected chi connectivity index (χ1v) is 6.77. The van der Waals surface area contributed by atoms with E-state index in [9.17, 15) is 9.59 Å². The fourth-order valence-electron chi connectivity index (χ4n) is 1.78. The molecule has 2 rings (SSSR count). The van der Waals surface area contributed by atoms with Crippen LogP contribution in [0.15, 0.2) is 24.3 Å². The van der Waals surface area contributed by atoms with E-state index < -0.39 is 0 Å². The zero-order valence-corrected chi connectivity index (χ0v) is 11.2. The fraction of sp³-hybridized carbons (Fsp3) is 0.400. The van der Waals surface area contributed by atoms with Gasteiger partial charge < -0.3 is 10.6 Å². The molecule has 2 amide bonds. The smallest absolute Gasteiger partial charge is 0.251 e. The molecule has 1 aromatic rings. The first kappa shape index (κ1) is 14.1. The van der Waals surface area contributed by atoms with Crippen molar-refractivity contribution in [1.29, 1.82) is 5.26 Å². The molecule has 0 radical (unpaired) electrons. The van der Waals surface area contributed by atoms with Crippen molar-refractivity contribution in [2.45, 2.75) is 31.7 Å². The number of amides is 2. The molecule has 0 spiro atoms. The van der Waals surface area contributed by atoms with Crippen LogP contribution >= 0.6 is 0 Å². The quantitative estimate of drug-likeness (QED) is 0.766. The Hall–Kier alpha value is -2.35. The second-order valence-corrected chi connectivity index (χ2v) is 4.89. The maximum atomic E-state index is 11.8. The lowest BCUT2D eigenvalue weighted by atomic mass is 10.1. The molecule has 1 aliphatic rings. The second kappa shape index (κ2) is 6.71. The van der Waals surface area contributed by atoms with Gasteiger partial charge in [-0.3, -0.25) is 9.59 Å². The van der Waals surface area contributed by atoms with E-state index in [-0.39, 0.29) is 11.8 Å². The number of hydrogen-bond donors (Lipinski definition) is 2. The minimum absolute atomic E-state index is 0.0557. The summed E-state index contributed by atoms with van der Waals surface area (Å²) >= 11 is 0. The zero-order valence-electron chi connectivity index (χ0n) is 11.2. The Morgan fingerprint density at radius 2 is 1.95 bits per heavy atom. The minimum atomic E-state index is -0.183. The Morgan fingerprint density at radius 1 is 1.25 bits per heavy atom. The van der Waals surface area contributed by atoms with E-state index in [4.69, 9.17) is 5.26 Å². The van der Waals surface area contributed by atoms with Gasteiger partial charge in [0.05, 0.1) is 11.6 Å². The van der Waals surface area contributed by atoms with Crippen molar-refractivity contribution in [3.05, 3.63) is 35.4 Å². The van der Waals surface area contributed by atoms with Crippen molar-refractivity contribution >= 4 is 11.8 Å². The Morgan fingerprint density at radius 3 is 2.55 bits per heavy atom. The van der Waals surface area contributed by atoms with Gasteiger partial charge in [0.1, 0.15) is 0 Å². The Labute approximate surface area is 118 Å². The Balaban J connectivity index is 1.66. The lowest BCUT2D eigenvalue weighted by Gasteiger charge is -2.06. The van der Waals surface area contributed by atoms with E-state index in [1.807, 2.05) is 6.07 Å². The third-order valence-corrected chi connectivity index (χ3v) is 3.08. The number of carbonyl (C=O) groups excluding carboxylic acids is 2. The lowest BCUT2D eigenvalue weighted by Crippen LogP contribution is -2.28. The van der Waals surface area contributed by atoms with E-state index in [1.54, 1.807) is 24.3 Å². The molecule has 0 bridgehead atoms. The van der Waals surface area contributed by atoms with Crippen molar-refractivity contribution in [2.75, 3.05) is 6.54 Å². The van der Waals surface area contributed by atoms with Gasteiger partial charge in [0, 0.05) is 24.6 Å². The standard InChI is InChI=1S/C15H17N3O2/c16-10-11-3-5-12(6-4-11)15(20)17-9-1-2-14(19)18-13-7-8-13/h3-6,13H,1-2,7-9H2,(H,17,20)(H,18,19). The number of hydrogen-bond acceptors (Lipinski definition) is 3. The van der Waals surface area contributed by atoms with Crippen LogP contribution in [0, 0.1) is 11.3 Å². The van der Waals surface area contributed by atoms with Crippen LogP contribution in [0.2, 0.25) is 0 Å². The number of nitrogens with one attached hydrogen (secondary N) is 2. The van der Waals surface area contributed by atoms with Crippen molar-refractivity contribution < 1.29 is 9.59 Å². The Bertz CT molecular complexity index is 527. The highest BCUT2D eigenvalue weighted by Crippen LogP contribution is 2.18.